The van der Waals surface area contributed by atoms with E-state index in [9.17, 15) is 4.79 Å². The summed E-state index contributed by atoms with van der Waals surface area (Å²) in [6, 6.07) is 7.79. The van der Waals surface area contributed by atoms with Crippen LogP contribution in [-0.4, -0.2) is 68.9 Å². The highest BCUT2D eigenvalue weighted by molar-refractivity contribution is 5.84. The molecule has 0 saturated heterocycles. The molecule has 0 aliphatic heterocycles. The number of unbranched alkanes of at least 4 members (excludes halogenated alkanes) is 26. The third-order valence-electron chi connectivity index (χ3n) is 10.3. The average molecular weight is 729 g/mol. The minimum absolute atomic E-state index is 0.186. The number of carbonyl (C=O) groups excluding carboxylic acids is 1. The summed E-state index contributed by atoms with van der Waals surface area (Å²) in [5.74, 6) is 1.60. The Labute approximate surface area is 323 Å². The fourth-order valence-electron chi connectivity index (χ4n) is 7.02. The van der Waals surface area contributed by atoms with E-state index in [2.05, 4.69) is 31.3 Å². The molecule has 0 aliphatic carbocycles. The van der Waals surface area contributed by atoms with E-state index < -0.39 is 6.04 Å². The van der Waals surface area contributed by atoms with Crippen molar-refractivity contribution < 1.29 is 18.8 Å². The predicted octanol–water partition coefficient (Wildman–Crippen LogP) is 12.3. The van der Waals surface area contributed by atoms with Crippen molar-refractivity contribution in [1.29, 1.82) is 0 Å². The second kappa shape index (κ2) is 34.5. The molecule has 1 N–H and O–H groups in total. The normalized spacial score (nSPS) is 11.7. The molecule has 1 aromatic rings. The lowest BCUT2D eigenvalue weighted by Gasteiger charge is -2.20. The van der Waals surface area contributed by atoms with Gasteiger partial charge in [-0.1, -0.05) is 193 Å². The molecule has 0 saturated carbocycles. The van der Waals surface area contributed by atoms with Crippen LogP contribution >= 0.6 is 0 Å². The van der Waals surface area contributed by atoms with Crippen LogP contribution in [-0.2, 0) is 16.0 Å². The van der Waals surface area contributed by atoms with Gasteiger partial charge in [0.1, 0.15) is 5.75 Å². The Balaban J connectivity index is 2.30. The van der Waals surface area contributed by atoms with Crippen molar-refractivity contribution >= 4 is 11.9 Å². The van der Waals surface area contributed by atoms with Crippen LogP contribution < -0.4 is 10.1 Å². The predicted molar refractivity (Wildman–Crippen MR) is 225 cm³/mol. The van der Waals surface area contributed by atoms with E-state index in [1.54, 1.807) is 0 Å². The zero-order chi connectivity index (χ0) is 37.9. The molecule has 0 fully saturated rings. The van der Waals surface area contributed by atoms with Gasteiger partial charge in [-0.25, -0.2) is 4.79 Å². The minimum Gasteiger partial charge on any atom is -0.494 e. The van der Waals surface area contributed by atoms with Gasteiger partial charge in [0.25, 0.3) is 0 Å². The van der Waals surface area contributed by atoms with Crippen molar-refractivity contribution in [3.8, 4) is 5.75 Å². The van der Waals surface area contributed by atoms with E-state index in [0.717, 1.165) is 43.1 Å². The maximum absolute atomic E-state index is 13.3. The summed E-state index contributed by atoms with van der Waals surface area (Å²) in [6.45, 7) is 5.82. The average Bonchev–Trinajstić information content (AvgIpc) is 3.13. The first-order chi connectivity index (χ1) is 25.4. The summed E-state index contributed by atoms with van der Waals surface area (Å²) >= 11 is 0. The van der Waals surface area contributed by atoms with Crippen LogP contribution in [0.4, 0.5) is 0 Å². The van der Waals surface area contributed by atoms with Gasteiger partial charge in [-0.15, -0.1) is 0 Å². The number of rotatable bonds is 35. The molecule has 6 nitrogen and oxygen atoms in total. The van der Waals surface area contributed by atoms with Gasteiger partial charge in [-0.3, -0.25) is 14.8 Å². The molecular weight excluding hydrogens is 643 g/mol. The summed E-state index contributed by atoms with van der Waals surface area (Å²) in [5, 5.41) is 3.46. The molecule has 1 atom stereocenters. The Bertz CT molecular complexity index is 974. The van der Waals surface area contributed by atoms with Gasteiger partial charge in [0.15, 0.2) is 6.04 Å². The molecule has 0 spiro atoms. The van der Waals surface area contributed by atoms with Gasteiger partial charge < -0.3 is 9.47 Å². The van der Waals surface area contributed by atoms with E-state index in [1.807, 2.05) is 49.8 Å². The van der Waals surface area contributed by atoms with Gasteiger partial charge in [0, 0.05) is 6.42 Å². The number of nitrogens with one attached hydrogen (secondary N) is 1. The molecule has 0 unspecified atom stereocenters. The second-order valence-corrected chi connectivity index (χ2v) is 15.9. The Morgan fingerprint density at radius 2 is 0.942 bits per heavy atom. The SMILES string of the molecule is CCCCCCCCCCCCCCCCOC(=O)[C@H](Cc1ccc(OCCCCCCCCCCCCCCCC)cc1)NC(N(C)C)=[N+](C)C. The Hall–Kier alpha value is -2.24. The highest BCUT2D eigenvalue weighted by atomic mass is 16.5. The molecule has 0 radical (unpaired) electrons. The molecule has 52 heavy (non-hydrogen) atoms. The van der Waals surface area contributed by atoms with Crippen LogP contribution in [0.5, 0.6) is 5.75 Å². The number of benzene rings is 1. The van der Waals surface area contributed by atoms with Crippen LogP contribution in [0.2, 0.25) is 0 Å². The van der Waals surface area contributed by atoms with Crippen molar-refractivity contribution in [2.45, 2.75) is 206 Å². The number of esters is 1. The largest absolute Gasteiger partial charge is 0.494 e. The van der Waals surface area contributed by atoms with Crippen molar-refractivity contribution in [3.05, 3.63) is 29.8 Å². The summed E-state index contributed by atoms with van der Waals surface area (Å²) in [5.41, 5.74) is 1.09. The lowest BCUT2D eigenvalue weighted by atomic mass is 10.0. The van der Waals surface area contributed by atoms with Gasteiger partial charge in [-0.05, 0) is 30.5 Å². The summed E-state index contributed by atoms with van der Waals surface area (Å²) in [4.78, 5) is 15.3. The molecule has 0 amide bonds. The highest BCUT2D eigenvalue weighted by Gasteiger charge is 2.27. The summed E-state index contributed by atoms with van der Waals surface area (Å²) in [7, 11) is 7.96. The van der Waals surface area contributed by atoms with Crippen LogP contribution in [0.15, 0.2) is 24.3 Å². The molecule has 302 valence electrons. The maximum Gasteiger partial charge on any atom is 0.347 e. The number of ether oxygens (including phenoxy) is 2. The quantitative estimate of drug-likeness (QED) is 0.0248. The van der Waals surface area contributed by atoms with E-state index in [0.29, 0.717) is 13.0 Å². The highest BCUT2D eigenvalue weighted by Crippen LogP contribution is 2.17. The van der Waals surface area contributed by atoms with Gasteiger partial charge >= 0.3 is 11.9 Å². The molecule has 0 heterocycles. The standard InChI is InChI=1S/C46H85N3O3/c1-7-9-11-13-15-17-19-21-23-25-27-29-31-33-39-51-43-37-35-42(36-38-43)41-44(47-46(48(3)4)49(5)6)45(50)52-40-34-32-30-28-26-24-22-20-18-16-14-12-10-8-2/h35-38,44H,7-34,39-41H2,1-6H3/p+1/t44-/m0/s1. The van der Waals surface area contributed by atoms with Crippen molar-refractivity contribution in [1.82, 2.24) is 10.2 Å². The van der Waals surface area contributed by atoms with Crippen LogP contribution in [0.3, 0.4) is 0 Å². The van der Waals surface area contributed by atoms with Crippen molar-refractivity contribution in [2.24, 2.45) is 0 Å². The van der Waals surface area contributed by atoms with Gasteiger partial charge in [0.05, 0.1) is 41.4 Å². The zero-order valence-electron chi connectivity index (χ0n) is 35.4. The van der Waals surface area contributed by atoms with Crippen molar-refractivity contribution in [2.75, 3.05) is 41.4 Å². The number of hydrogen-bond donors (Lipinski definition) is 1. The molecular formula is C46H86N3O3+. The minimum atomic E-state index is -0.464. The first kappa shape index (κ1) is 47.8. The summed E-state index contributed by atoms with van der Waals surface area (Å²) < 4.78 is 13.9. The zero-order valence-corrected chi connectivity index (χ0v) is 35.4. The van der Waals surface area contributed by atoms with Crippen molar-refractivity contribution in [3.63, 3.8) is 0 Å². The fourth-order valence-corrected chi connectivity index (χ4v) is 7.02. The molecule has 1 aromatic carbocycles. The third-order valence-corrected chi connectivity index (χ3v) is 10.3. The smallest absolute Gasteiger partial charge is 0.347 e. The molecule has 0 aliphatic rings. The van der Waals surface area contributed by atoms with Crippen LogP contribution in [0.1, 0.15) is 199 Å². The Morgan fingerprint density at radius 3 is 1.31 bits per heavy atom. The van der Waals surface area contributed by atoms with Crippen LogP contribution in [0, 0.1) is 0 Å². The van der Waals surface area contributed by atoms with E-state index >= 15 is 0 Å². The van der Waals surface area contributed by atoms with Gasteiger partial charge in [0.2, 0.25) is 0 Å². The topological polar surface area (TPSA) is 53.8 Å². The van der Waals surface area contributed by atoms with E-state index in [4.69, 9.17) is 9.47 Å². The third kappa shape index (κ3) is 27.4. The number of hydrogen-bond acceptors (Lipinski definition) is 3. The molecule has 0 aromatic heterocycles. The maximum atomic E-state index is 13.3. The van der Waals surface area contributed by atoms with Gasteiger partial charge in [-0.2, -0.15) is 0 Å². The van der Waals surface area contributed by atoms with E-state index in [1.165, 1.54) is 161 Å². The lowest BCUT2D eigenvalue weighted by Crippen LogP contribution is -2.51. The number of guanidine groups is 1. The van der Waals surface area contributed by atoms with E-state index in [-0.39, 0.29) is 5.97 Å². The lowest BCUT2D eigenvalue weighted by molar-refractivity contribution is -0.472. The monoisotopic (exact) mass is 729 g/mol. The first-order valence-electron chi connectivity index (χ1n) is 22.3. The van der Waals surface area contributed by atoms with Crippen LogP contribution in [0.25, 0.3) is 0 Å². The first-order valence-corrected chi connectivity index (χ1v) is 22.3. The molecule has 6 heteroatoms. The number of nitrogens with zero attached hydrogens (tertiary/aromatic N) is 2. The molecule has 0 bridgehead atoms. The summed E-state index contributed by atoms with van der Waals surface area (Å²) in [6.07, 6.45) is 38.1. The fraction of sp³-hybridized carbons (Fsp3) is 0.826. The Kier molecular flexibility index (Phi) is 31.7. The second-order valence-electron chi connectivity index (χ2n) is 15.9. The number of carbonyl (C=O) groups is 1. The molecule has 1 rings (SSSR count). The Morgan fingerprint density at radius 1 is 0.577 bits per heavy atom.